The van der Waals surface area contributed by atoms with Gasteiger partial charge in [0.25, 0.3) is 5.91 Å². The molecular weight excluding hydrogens is 439 g/mol. The predicted octanol–water partition coefficient (Wildman–Crippen LogP) is 4.26. The third-order valence-electron chi connectivity index (χ3n) is 3.13. The standard InChI is InChI=1S/C15H13BrCl2N2O3S/c1-20(2)24(22,23)14-7-11(12(17)8-13(14)18)15(21)19-10-5-3-9(16)4-6-10/h3-8H,1-2H3,(H,19,21). The first-order valence-electron chi connectivity index (χ1n) is 6.61. The highest BCUT2D eigenvalue weighted by Gasteiger charge is 2.24. The van der Waals surface area contributed by atoms with Gasteiger partial charge in [-0.25, -0.2) is 12.7 Å². The second kappa shape index (κ2) is 7.41. The number of nitrogens with one attached hydrogen (secondary N) is 1. The van der Waals surface area contributed by atoms with Crippen molar-refractivity contribution in [3.05, 3.63) is 56.5 Å². The maximum Gasteiger partial charge on any atom is 0.257 e. The summed E-state index contributed by atoms with van der Waals surface area (Å²) in [5.41, 5.74) is 0.565. The van der Waals surface area contributed by atoms with Gasteiger partial charge in [0.15, 0.2) is 0 Å². The molecule has 1 N–H and O–H groups in total. The summed E-state index contributed by atoms with van der Waals surface area (Å²) >= 11 is 15.3. The molecule has 0 unspecified atom stereocenters. The molecule has 0 heterocycles. The highest BCUT2D eigenvalue weighted by Crippen LogP contribution is 2.30. The van der Waals surface area contributed by atoms with Crippen LogP contribution in [0.2, 0.25) is 10.0 Å². The monoisotopic (exact) mass is 450 g/mol. The molecule has 5 nitrogen and oxygen atoms in total. The topological polar surface area (TPSA) is 66.5 Å². The Hall–Kier alpha value is -1.12. The Morgan fingerprint density at radius 1 is 1.08 bits per heavy atom. The molecule has 0 bridgehead atoms. The molecule has 0 aromatic heterocycles. The van der Waals surface area contributed by atoms with E-state index in [-0.39, 0.29) is 20.5 Å². The second-order valence-electron chi connectivity index (χ2n) is 5.01. The van der Waals surface area contributed by atoms with Gasteiger partial charge in [0.2, 0.25) is 10.0 Å². The Labute approximate surface area is 158 Å². The van der Waals surface area contributed by atoms with Crippen molar-refractivity contribution in [2.45, 2.75) is 4.90 Å². The molecule has 128 valence electrons. The smallest absolute Gasteiger partial charge is 0.257 e. The minimum atomic E-state index is -3.80. The number of hydrogen-bond acceptors (Lipinski definition) is 3. The van der Waals surface area contributed by atoms with Crippen molar-refractivity contribution < 1.29 is 13.2 Å². The molecule has 0 saturated heterocycles. The van der Waals surface area contributed by atoms with Crippen LogP contribution in [0.5, 0.6) is 0 Å². The third-order valence-corrected chi connectivity index (χ3v) is 6.25. The van der Waals surface area contributed by atoms with Gasteiger partial charge in [0, 0.05) is 24.3 Å². The maximum atomic E-state index is 12.4. The summed E-state index contributed by atoms with van der Waals surface area (Å²) in [5, 5.41) is 2.67. The number of carbonyl (C=O) groups excluding carboxylic acids is 1. The summed E-state index contributed by atoms with van der Waals surface area (Å²) in [6.45, 7) is 0. The molecule has 0 atom stereocenters. The van der Waals surface area contributed by atoms with E-state index in [1.165, 1.54) is 26.2 Å². The fourth-order valence-electron chi connectivity index (χ4n) is 1.83. The van der Waals surface area contributed by atoms with Crippen LogP contribution in [0.15, 0.2) is 45.8 Å². The maximum absolute atomic E-state index is 12.4. The zero-order valence-corrected chi connectivity index (χ0v) is 16.6. The lowest BCUT2D eigenvalue weighted by atomic mass is 10.2. The van der Waals surface area contributed by atoms with Crippen LogP contribution in [0.3, 0.4) is 0 Å². The summed E-state index contributed by atoms with van der Waals surface area (Å²) in [7, 11) is -1.05. The van der Waals surface area contributed by atoms with Gasteiger partial charge >= 0.3 is 0 Å². The van der Waals surface area contributed by atoms with Crippen molar-refractivity contribution in [1.29, 1.82) is 0 Å². The number of rotatable bonds is 4. The van der Waals surface area contributed by atoms with E-state index in [0.29, 0.717) is 5.69 Å². The number of nitrogens with zero attached hydrogens (tertiary/aromatic N) is 1. The SMILES string of the molecule is CN(C)S(=O)(=O)c1cc(C(=O)Nc2ccc(Br)cc2)c(Cl)cc1Cl. The van der Waals surface area contributed by atoms with Gasteiger partial charge in [0.1, 0.15) is 4.90 Å². The summed E-state index contributed by atoms with van der Waals surface area (Å²) in [6, 6.07) is 9.35. The molecule has 2 rings (SSSR count). The van der Waals surface area contributed by atoms with E-state index >= 15 is 0 Å². The molecule has 0 radical (unpaired) electrons. The number of amides is 1. The van der Waals surface area contributed by atoms with Gasteiger partial charge in [-0.05, 0) is 36.4 Å². The predicted molar refractivity (Wildman–Crippen MR) is 99.4 cm³/mol. The molecular formula is C15H13BrCl2N2O3S. The van der Waals surface area contributed by atoms with Crippen LogP contribution < -0.4 is 5.32 Å². The molecule has 2 aromatic rings. The zero-order chi connectivity index (χ0) is 18.1. The molecule has 0 fully saturated rings. The van der Waals surface area contributed by atoms with Gasteiger partial charge < -0.3 is 5.32 Å². The van der Waals surface area contributed by atoms with Crippen molar-refractivity contribution in [2.75, 3.05) is 19.4 Å². The van der Waals surface area contributed by atoms with Crippen LogP contribution in [0, 0.1) is 0 Å². The molecule has 0 aliphatic heterocycles. The fraction of sp³-hybridized carbons (Fsp3) is 0.133. The van der Waals surface area contributed by atoms with Crippen LogP contribution in [0.25, 0.3) is 0 Å². The van der Waals surface area contributed by atoms with E-state index in [9.17, 15) is 13.2 Å². The summed E-state index contributed by atoms with van der Waals surface area (Å²) in [5.74, 6) is -0.533. The van der Waals surface area contributed by atoms with Gasteiger partial charge in [0.05, 0.1) is 15.6 Å². The van der Waals surface area contributed by atoms with E-state index in [4.69, 9.17) is 23.2 Å². The third kappa shape index (κ3) is 4.10. The highest BCUT2D eigenvalue weighted by molar-refractivity contribution is 9.10. The van der Waals surface area contributed by atoms with Crippen LogP contribution in [-0.2, 0) is 10.0 Å². The van der Waals surface area contributed by atoms with Gasteiger partial charge in [-0.2, -0.15) is 0 Å². The molecule has 0 saturated carbocycles. The highest BCUT2D eigenvalue weighted by atomic mass is 79.9. The van der Waals surface area contributed by atoms with Crippen LogP contribution in [0.4, 0.5) is 5.69 Å². The normalized spacial score (nSPS) is 11.6. The Bertz CT molecular complexity index is 884. The summed E-state index contributed by atoms with van der Waals surface area (Å²) in [6.07, 6.45) is 0. The number of halogens is 3. The van der Waals surface area contributed by atoms with Crippen molar-refractivity contribution >= 4 is 60.7 Å². The van der Waals surface area contributed by atoms with E-state index < -0.39 is 15.9 Å². The lowest BCUT2D eigenvalue weighted by molar-refractivity contribution is 0.102. The van der Waals surface area contributed by atoms with Crippen molar-refractivity contribution in [3.8, 4) is 0 Å². The fourth-order valence-corrected chi connectivity index (χ4v) is 3.82. The Morgan fingerprint density at radius 3 is 2.21 bits per heavy atom. The minimum absolute atomic E-state index is 0.0180. The Kier molecular flexibility index (Phi) is 5.93. The van der Waals surface area contributed by atoms with Crippen LogP contribution in [-0.4, -0.2) is 32.7 Å². The lowest BCUT2D eigenvalue weighted by Gasteiger charge is -2.15. The van der Waals surface area contributed by atoms with Gasteiger partial charge in [-0.1, -0.05) is 39.1 Å². The number of hydrogen-bond donors (Lipinski definition) is 1. The van der Waals surface area contributed by atoms with Crippen molar-refractivity contribution in [1.82, 2.24) is 4.31 Å². The average molecular weight is 452 g/mol. The van der Waals surface area contributed by atoms with Crippen molar-refractivity contribution in [3.63, 3.8) is 0 Å². The number of sulfonamides is 1. The van der Waals surface area contributed by atoms with E-state index in [1.54, 1.807) is 24.3 Å². The second-order valence-corrected chi connectivity index (χ2v) is 8.86. The first-order chi connectivity index (χ1) is 11.1. The Morgan fingerprint density at radius 2 is 1.67 bits per heavy atom. The quantitative estimate of drug-likeness (QED) is 0.755. The molecule has 0 spiro atoms. The molecule has 0 aliphatic rings. The number of carbonyl (C=O) groups is 1. The molecule has 1 amide bonds. The lowest BCUT2D eigenvalue weighted by Crippen LogP contribution is -2.23. The summed E-state index contributed by atoms with van der Waals surface area (Å²) < 4.78 is 26.5. The van der Waals surface area contributed by atoms with Gasteiger partial charge in [-0.3, -0.25) is 4.79 Å². The van der Waals surface area contributed by atoms with Crippen LogP contribution in [0.1, 0.15) is 10.4 Å². The zero-order valence-electron chi connectivity index (χ0n) is 12.7. The number of benzene rings is 2. The average Bonchev–Trinajstić information content (AvgIpc) is 2.49. The molecule has 9 heteroatoms. The first kappa shape index (κ1) is 19.2. The van der Waals surface area contributed by atoms with E-state index in [2.05, 4.69) is 21.2 Å². The minimum Gasteiger partial charge on any atom is -0.322 e. The van der Waals surface area contributed by atoms with Gasteiger partial charge in [-0.15, -0.1) is 0 Å². The number of anilines is 1. The largest absolute Gasteiger partial charge is 0.322 e. The molecule has 0 aliphatic carbocycles. The van der Waals surface area contributed by atoms with E-state index in [1.807, 2.05) is 0 Å². The van der Waals surface area contributed by atoms with Crippen molar-refractivity contribution in [2.24, 2.45) is 0 Å². The molecule has 24 heavy (non-hydrogen) atoms. The first-order valence-corrected chi connectivity index (χ1v) is 9.60. The molecule has 2 aromatic carbocycles. The van der Waals surface area contributed by atoms with Crippen LogP contribution >= 0.6 is 39.1 Å². The summed E-state index contributed by atoms with van der Waals surface area (Å²) in [4.78, 5) is 12.2. The Balaban J connectivity index is 2.43. The van der Waals surface area contributed by atoms with E-state index in [0.717, 1.165) is 8.78 Å².